The molecule has 0 saturated heterocycles. The number of aryl methyl sites for hydroxylation is 1. The third kappa shape index (κ3) is 5.14. The van der Waals surface area contributed by atoms with Crippen molar-refractivity contribution in [3.8, 4) is 0 Å². The topological polar surface area (TPSA) is 116 Å². The molecule has 0 aliphatic rings. The Morgan fingerprint density at radius 2 is 1.59 bits per heavy atom. The summed E-state index contributed by atoms with van der Waals surface area (Å²) in [5, 5.41) is 0. The largest absolute Gasteiger partial charge is 0.465 e. The molecule has 9 heteroatoms. The Labute approximate surface area is 159 Å². The number of nitrogens with one attached hydrogen (secondary N) is 1. The Balaban J connectivity index is 3.43. The van der Waals surface area contributed by atoms with Crippen molar-refractivity contribution >= 4 is 27.7 Å². The van der Waals surface area contributed by atoms with Crippen LogP contribution in [0, 0.1) is 12.3 Å². The van der Waals surface area contributed by atoms with Gasteiger partial charge in [0.15, 0.2) is 0 Å². The second-order valence-electron chi connectivity index (χ2n) is 6.10. The van der Waals surface area contributed by atoms with Crippen LogP contribution in [0.25, 0.3) is 0 Å². The quantitative estimate of drug-likeness (QED) is 0.492. The van der Waals surface area contributed by atoms with Gasteiger partial charge in [-0.05, 0) is 46.8 Å². The van der Waals surface area contributed by atoms with E-state index >= 15 is 0 Å². The molecule has 0 spiro atoms. The number of carbonyl (C=O) groups excluding carboxylic acids is 3. The molecule has 0 aliphatic carbocycles. The second kappa shape index (κ2) is 9.09. The molecule has 0 radical (unpaired) electrons. The molecule has 27 heavy (non-hydrogen) atoms. The van der Waals surface area contributed by atoms with E-state index in [0.717, 1.165) is 19.4 Å². The first-order chi connectivity index (χ1) is 12.5. The molecule has 0 fully saturated rings. The summed E-state index contributed by atoms with van der Waals surface area (Å²) in [4.78, 5) is 37.0. The molecule has 1 aromatic carbocycles. The minimum absolute atomic E-state index is 0.0397. The van der Waals surface area contributed by atoms with Crippen LogP contribution in [0.3, 0.4) is 0 Å². The third-order valence-corrected chi connectivity index (χ3v) is 5.57. The lowest BCUT2D eigenvalue weighted by molar-refractivity contribution is -0.167. The van der Waals surface area contributed by atoms with Gasteiger partial charge in [0.1, 0.15) is 17.2 Å². The first kappa shape index (κ1) is 22.8. The first-order valence-corrected chi connectivity index (χ1v) is 9.92. The second-order valence-corrected chi connectivity index (χ2v) is 7.81. The number of hydrogen-bond donors (Lipinski definition) is 1. The fourth-order valence-corrected chi connectivity index (χ4v) is 3.59. The summed E-state index contributed by atoms with van der Waals surface area (Å²) < 4.78 is 37.4. The van der Waals surface area contributed by atoms with Crippen LogP contribution in [0.2, 0.25) is 0 Å². The maximum absolute atomic E-state index is 12.7. The number of sulfonamides is 1. The highest BCUT2D eigenvalue weighted by Crippen LogP contribution is 2.28. The van der Waals surface area contributed by atoms with Gasteiger partial charge in [-0.25, -0.2) is 8.42 Å². The van der Waals surface area contributed by atoms with Gasteiger partial charge in [-0.3, -0.25) is 14.4 Å². The van der Waals surface area contributed by atoms with Crippen molar-refractivity contribution in [2.24, 2.45) is 5.41 Å². The van der Waals surface area contributed by atoms with Crippen LogP contribution in [0.15, 0.2) is 29.2 Å². The average Bonchev–Trinajstić information content (AvgIpc) is 2.59. The highest BCUT2D eigenvalue weighted by Gasteiger charge is 2.53. The Kier molecular flexibility index (Phi) is 7.67. The van der Waals surface area contributed by atoms with E-state index in [1.165, 1.54) is 26.0 Å². The van der Waals surface area contributed by atoms with Gasteiger partial charge in [-0.15, -0.1) is 0 Å². The molecule has 0 aromatic heterocycles. The predicted molar refractivity (Wildman–Crippen MR) is 97.3 cm³/mol. The summed E-state index contributed by atoms with van der Waals surface area (Å²) in [5.41, 5.74) is -1.24. The maximum atomic E-state index is 12.7. The molecule has 1 rings (SSSR count). The molecule has 1 N–H and O–H groups in total. The normalized spacial score (nSPS) is 14.7. The fourth-order valence-electron chi connectivity index (χ4n) is 2.31. The maximum Gasteiger partial charge on any atom is 0.325 e. The summed E-state index contributed by atoms with van der Waals surface area (Å²) >= 11 is 0. The molecule has 0 amide bonds. The lowest BCUT2D eigenvalue weighted by atomic mass is 9.79. The number of Topliss-reactive ketones (excluding diaryl/α,β-unsaturated/α-hetero) is 1. The smallest absolute Gasteiger partial charge is 0.325 e. The Bertz CT molecular complexity index is 802. The monoisotopic (exact) mass is 399 g/mol. The molecule has 2 unspecified atom stereocenters. The van der Waals surface area contributed by atoms with Gasteiger partial charge < -0.3 is 9.47 Å². The zero-order valence-corrected chi connectivity index (χ0v) is 16.9. The predicted octanol–water partition coefficient (Wildman–Crippen LogP) is 1.36. The molecule has 1 aromatic rings. The van der Waals surface area contributed by atoms with E-state index in [1.54, 1.807) is 19.1 Å². The highest BCUT2D eigenvalue weighted by atomic mass is 32.2. The van der Waals surface area contributed by atoms with E-state index in [2.05, 4.69) is 4.72 Å². The van der Waals surface area contributed by atoms with Gasteiger partial charge in [-0.1, -0.05) is 17.7 Å². The van der Waals surface area contributed by atoms with Crippen molar-refractivity contribution in [1.82, 2.24) is 4.72 Å². The van der Waals surface area contributed by atoms with Crippen LogP contribution in [-0.2, 0) is 33.9 Å². The molecular weight excluding hydrogens is 374 g/mol. The summed E-state index contributed by atoms with van der Waals surface area (Å²) in [6.07, 6.45) is 0. The van der Waals surface area contributed by atoms with Gasteiger partial charge in [0.2, 0.25) is 10.0 Å². The zero-order chi connectivity index (χ0) is 20.8. The van der Waals surface area contributed by atoms with Gasteiger partial charge in [-0.2, -0.15) is 4.72 Å². The number of rotatable bonds is 9. The summed E-state index contributed by atoms with van der Waals surface area (Å²) in [6, 6.07) is 4.11. The Morgan fingerprint density at radius 1 is 1.07 bits per heavy atom. The van der Waals surface area contributed by atoms with E-state index < -0.39 is 39.2 Å². The third-order valence-electron chi connectivity index (χ3n) is 4.13. The van der Waals surface area contributed by atoms with Crippen LogP contribution in [0.5, 0.6) is 0 Å². The molecular formula is C18H25NO7S. The summed E-state index contributed by atoms with van der Waals surface area (Å²) in [6.45, 7) is 7.00. The average molecular weight is 399 g/mol. The van der Waals surface area contributed by atoms with Gasteiger partial charge in [0.25, 0.3) is 0 Å². The van der Waals surface area contributed by atoms with E-state index in [0.29, 0.717) is 0 Å². The van der Waals surface area contributed by atoms with E-state index in [1.807, 2.05) is 0 Å². The molecule has 8 nitrogen and oxygen atoms in total. The van der Waals surface area contributed by atoms with Crippen molar-refractivity contribution in [3.05, 3.63) is 29.8 Å². The lowest BCUT2D eigenvalue weighted by Gasteiger charge is -2.31. The summed E-state index contributed by atoms with van der Waals surface area (Å²) in [7, 11) is -4.22. The lowest BCUT2D eigenvalue weighted by Crippen LogP contribution is -2.58. The molecule has 0 bridgehead atoms. The molecule has 0 saturated carbocycles. The number of carbonyl (C=O) groups is 3. The van der Waals surface area contributed by atoms with Crippen LogP contribution < -0.4 is 4.72 Å². The molecule has 150 valence electrons. The molecule has 0 aliphatic heterocycles. The van der Waals surface area contributed by atoms with Gasteiger partial charge in [0, 0.05) is 0 Å². The van der Waals surface area contributed by atoms with Gasteiger partial charge >= 0.3 is 11.9 Å². The standard InChI is InChI=1S/C18H25NO7S/c1-6-25-16(21)15(18(5,13(4)20)17(22)26-7-2)19-27(23,24)14-10-8-12(3)9-11-14/h8-11,15,19H,6-7H2,1-5H3. The van der Waals surface area contributed by atoms with E-state index in [9.17, 15) is 22.8 Å². The van der Waals surface area contributed by atoms with Crippen molar-refractivity contribution < 1.29 is 32.3 Å². The number of ketones is 1. The van der Waals surface area contributed by atoms with Crippen LogP contribution in [-0.4, -0.2) is 45.4 Å². The number of hydrogen-bond acceptors (Lipinski definition) is 7. The van der Waals surface area contributed by atoms with Crippen LogP contribution >= 0.6 is 0 Å². The fraction of sp³-hybridized carbons (Fsp3) is 0.500. The van der Waals surface area contributed by atoms with Gasteiger partial charge in [0.05, 0.1) is 18.1 Å². The number of esters is 2. The number of ether oxygens (including phenoxy) is 2. The SMILES string of the molecule is CCOC(=O)C(NS(=O)(=O)c1ccc(C)cc1)C(C)(C(C)=O)C(=O)OCC. The Hall–Kier alpha value is -2.26. The Morgan fingerprint density at radius 3 is 2.04 bits per heavy atom. The minimum atomic E-state index is -4.22. The van der Waals surface area contributed by atoms with E-state index in [4.69, 9.17) is 9.47 Å². The minimum Gasteiger partial charge on any atom is -0.465 e. The van der Waals surface area contributed by atoms with Crippen LogP contribution in [0.1, 0.15) is 33.3 Å². The number of benzene rings is 1. The summed E-state index contributed by atoms with van der Waals surface area (Å²) in [5.74, 6) is -2.79. The van der Waals surface area contributed by atoms with Crippen molar-refractivity contribution in [1.29, 1.82) is 0 Å². The zero-order valence-electron chi connectivity index (χ0n) is 16.1. The molecule has 0 heterocycles. The van der Waals surface area contributed by atoms with Crippen LogP contribution in [0.4, 0.5) is 0 Å². The highest BCUT2D eigenvalue weighted by molar-refractivity contribution is 7.89. The van der Waals surface area contributed by atoms with Crippen molar-refractivity contribution in [3.63, 3.8) is 0 Å². The molecule has 2 atom stereocenters. The van der Waals surface area contributed by atoms with Crippen molar-refractivity contribution in [2.45, 2.75) is 45.6 Å². The van der Waals surface area contributed by atoms with E-state index in [-0.39, 0.29) is 18.1 Å². The first-order valence-electron chi connectivity index (χ1n) is 8.44. The van der Waals surface area contributed by atoms with Crippen molar-refractivity contribution in [2.75, 3.05) is 13.2 Å².